The van der Waals surface area contributed by atoms with Crippen molar-refractivity contribution in [2.24, 2.45) is 5.92 Å². The first-order chi connectivity index (χ1) is 11.9. The predicted molar refractivity (Wildman–Crippen MR) is 100 cm³/mol. The molecular formula is C16H24N4O3S2. The van der Waals surface area contributed by atoms with Gasteiger partial charge in [-0.15, -0.1) is 0 Å². The fourth-order valence-electron chi connectivity index (χ4n) is 2.75. The second-order valence-electron chi connectivity index (χ2n) is 6.15. The summed E-state index contributed by atoms with van der Waals surface area (Å²) in [5, 5.41) is 3.52. The fraction of sp³-hybridized carbons (Fsp3) is 0.500. The molecule has 0 bridgehead atoms. The maximum absolute atomic E-state index is 12.0. The van der Waals surface area contributed by atoms with Crippen LogP contribution in [0.5, 0.6) is 0 Å². The minimum absolute atomic E-state index is 0.110. The van der Waals surface area contributed by atoms with Gasteiger partial charge in [0.15, 0.2) is 5.11 Å². The van der Waals surface area contributed by atoms with E-state index in [1.807, 2.05) is 0 Å². The molecule has 1 aliphatic carbocycles. The summed E-state index contributed by atoms with van der Waals surface area (Å²) in [5.74, 6) is 0.00207. The van der Waals surface area contributed by atoms with Crippen LogP contribution in [0.1, 0.15) is 32.6 Å². The molecule has 1 fully saturated rings. The van der Waals surface area contributed by atoms with Crippen molar-refractivity contribution in [1.29, 1.82) is 0 Å². The molecule has 0 unspecified atom stereocenters. The SMILES string of the molecule is C[C@H]1CCCC[C@H]1NC(=S)NNC(=O)CNS(=O)(=O)c1ccccc1. The van der Waals surface area contributed by atoms with E-state index in [2.05, 4.69) is 27.8 Å². The Bertz CT molecular complexity index is 695. The lowest BCUT2D eigenvalue weighted by molar-refractivity contribution is -0.120. The van der Waals surface area contributed by atoms with Crippen molar-refractivity contribution < 1.29 is 13.2 Å². The number of thiocarbonyl (C=S) groups is 1. The van der Waals surface area contributed by atoms with E-state index in [4.69, 9.17) is 12.2 Å². The normalized spacial score (nSPS) is 20.5. The van der Waals surface area contributed by atoms with E-state index in [0.717, 1.165) is 19.3 Å². The smallest absolute Gasteiger partial charge is 0.253 e. The number of carbonyl (C=O) groups is 1. The lowest BCUT2D eigenvalue weighted by Gasteiger charge is -2.30. The Hall–Kier alpha value is -1.71. The van der Waals surface area contributed by atoms with Gasteiger partial charge in [0.2, 0.25) is 10.0 Å². The molecule has 1 amide bonds. The first-order valence-corrected chi connectivity index (χ1v) is 10.2. The summed E-state index contributed by atoms with van der Waals surface area (Å²) in [5.41, 5.74) is 5.00. The number of hydrogen-bond acceptors (Lipinski definition) is 4. The lowest BCUT2D eigenvalue weighted by Crippen LogP contribution is -2.53. The highest BCUT2D eigenvalue weighted by atomic mass is 32.2. The predicted octanol–water partition coefficient (Wildman–Crippen LogP) is 1.04. The van der Waals surface area contributed by atoms with Crippen LogP contribution >= 0.6 is 12.2 Å². The van der Waals surface area contributed by atoms with Gasteiger partial charge in [-0.1, -0.05) is 38.0 Å². The molecule has 4 N–H and O–H groups in total. The molecule has 0 heterocycles. The van der Waals surface area contributed by atoms with Crippen LogP contribution in [0.2, 0.25) is 0 Å². The van der Waals surface area contributed by atoms with Gasteiger partial charge in [-0.25, -0.2) is 13.1 Å². The topological polar surface area (TPSA) is 99.3 Å². The molecule has 2 atom stereocenters. The Kier molecular flexibility index (Phi) is 7.15. The zero-order chi connectivity index (χ0) is 18.3. The maximum Gasteiger partial charge on any atom is 0.253 e. The Morgan fingerprint density at radius 1 is 1.16 bits per heavy atom. The molecule has 9 heteroatoms. The van der Waals surface area contributed by atoms with E-state index in [9.17, 15) is 13.2 Å². The number of nitrogens with one attached hydrogen (secondary N) is 4. The molecule has 7 nitrogen and oxygen atoms in total. The highest BCUT2D eigenvalue weighted by Crippen LogP contribution is 2.23. The van der Waals surface area contributed by atoms with E-state index < -0.39 is 15.9 Å². The zero-order valence-corrected chi connectivity index (χ0v) is 15.8. The third-order valence-electron chi connectivity index (χ3n) is 4.22. The molecule has 0 spiro atoms. The van der Waals surface area contributed by atoms with Crippen LogP contribution in [-0.2, 0) is 14.8 Å². The van der Waals surface area contributed by atoms with Crippen LogP contribution in [0.4, 0.5) is 0 Å². The van der Waals surface area contributed by atoms with Gasteiger partial charge in [0.1, 0.15) is 0 Å². The number of sulfonamides is 1. The minimum atomic E-state index is -3.71. The van der Waals surface area contributed by atoms with Crippen LogP contribution in [0.25, 0.3) is 0 Å². The van der Waals surface area contributed by atoms with Crippen molar-refractivity contribution in [1.82, 2.24) is 20.9 Å². The number of hydrazine groups is 1. The monoisotopic (exact) mass is 384 g/mol. The molecule has 1 saturated carbocycles. The van der Waals surface area contributed by atoms with Gasteiger partial charge in [0.05, 0.1) is 11.4 Å². The van der Waals surface area contributed by atoms with Crippen LogP contribution in [0, 0.1) is 5.92 Å². The summed E-state index contributed by atoms with van der Waals surface area (Å²) in [6, 6.07) is 8.17. The second-order valence-corrected chi connectivity index (χ2v) is 8.33. The van der Waals surface area contributed by atoms with Crippen molar-refractivity contribution in [3.8, 4) is 0 Å². The highest BCUT2D eigenvalue weighted by molar-refractivity contribution is 7.89. The van der Waals surface area contributed by atoms with Crippen molar-refractivity contribution in [3.05, 3.63) is 30.3 Å². The average Bonchev–Trinajstić information content (AvgIpc) is 2.61. The van der Waals surface area contributed by atoms with Crippen LogP contribution in [0.15, 0.2) is 35.2 Å². The van der Waals surface area contributed by atoms with E-state index in [-0.39, 0.29) is 11.4 Å². The largest absolute Gasteiger partial charge is 0.358 e. The number of amides is 1. The molecule has 138 valence electrons. The van der Waals surface area contributed by atoms with Gasteiger partial charge in [-0.3, -0.25) is 15.6 Å². The summed E-state index contributed by atoms with van der Waals surface area (Å²) < 4.78 is 26.3. The van der Waals surface area contributed by atoms with Crippen molar-refractivity contribution in [2.75, 3.05) is 6.54 Å². The lowest BCUT2D eigenvalue weighted by atomic mass is 9.86. The molecule has 2 rings (SSSR count). The zero-order valence-electron chi connectivity index (χ0n) is 14.1. The van der Waals surface area contributed by atoms with E-state index in [1.165, 1.54) is 18.6 Å². The fourth-order valence-corrected chi connectivity index (χ4v) is 3.95. The van der Waals surface area contributed by atoms with Gasteiger partial charge in [0, 0.05) is 6.04 Å². The molecule has 1 aromatic carbocycles. The summed E-state index contributed by atoms with van der Waals surface area (Å²) in [6.45, 7) is 1.79. The van der Waals surface area contributed by atoms with Crippen molar-refractivity contribution >= 4 is 33.3 Å². The summed E-state index contributed by atoms with van der Waals surface area (Å²) in [7, 11) is -3.71. The molecule has 0 radical (unpaired) electrons. The molecular weight excluding hydrogens is 360 g/mol. The highest BCUT2D eigenvalue weighted by Gasteiger charge is 2.21. The summed E-state index contributed by atoms with van der Waals surface area (Å²) >= 11 is 5.16. The van der Waals surface area contributed by atoms with E-state index in [1.54, 1.807) is 18.2 Å². The van der Waals surface area contributed by atoms with Crippen molar-refractivity contribution in [3.63, 3.8) is 0 Å². The third kappa shape index (κ3) is 6.26. The number of benzene rings is 1. The standard InChI is InChI=1S/C16H24N4O3S2/c1-12-7-5-6-10-14(12)18-16(24)20-19-15(21)11-17-25(22,23)13-8-3-2-4-9-13/h2-4,8-9,12,14,17H,5-7,10-11H2,1H3,(H,19,21)(H2,18,20,24)/t12-,14+/m0/s1. The van der Waals surface area contributed by atoms with Gasteiger partial charge < -0.3 is 5.32 Å². The maximum atomic E-state index is 12.0. The average molecular weight is 385 g/mol. The quantitative estimate of drug-likeness (QED) is 0.447. The second kappa shape index (κ2) is 9.12. The molecule has 0 aliphatic heterocycles. The van der Waals surface area contributed by atoms with E-state index >= 15 is 0 Å². The van der Waals surface area contributed by atoms with Gasteiger partial charge in [0.25, 0.3) is 5.91 Å². The van der Waals surface area contributed by atoms with E-state index in [0.29, 0.717) is 17.1 Å². The van der Waals surface area contributed by atoms with Crippen LogP contribution in [-0.4, -0.2) is 32.0 Å². The Balaban J connectivity index is 1.72. The van der Waals surface area contributed by atoms with Crippen molar-refractivity contribution in [2.45, 2.75) is 43.5 Å². The first-order valence-electron chi connectivity index (χ1n) is 8.28. The molecule has 1 aliphatic rings. The molecule has 0 aromatic heterocycles. The molecule has 0 saturated heterocycles. The van der Waals surface area contributed by atoms with Crippen LogP contribution in [0.3, 0.4) is 0 Å². The number of carbonyl (C=O) groups excluding carboxylic acids is 1. The van der Waals surface area contributed by atoms with Gasteiger partial charge in [-0.2, -0.15) is 0 Å². The summed E-state index contributed by atoms with van der Waals surface area (Å²) in [6.07, 6.45) is 4.61. The van der Waals surface area contributed by atoms with Gasteiger partial charge >= 0.3 is 0 Å². The van der Waals surface area contributed by atoms with Gasteiger partial charge in [-0.05, 0) is 43.1 Å². The molecule has 25 heavy (non-hydrogen) atoms. The Labute approximate surface area is 154 Å². The van der Waals surface area contributed by atoms with Crippen LogP contribution < -0.4 is 20.9 Å². The molecule has 1 aromatic rings. The first kappa shape index (κ1) is 19.6. The minimum Gasteiger partial charge on any atom is -0.358 e. The Morgan fingerprint density at radius 2 is 1.84 bits per heavy atom. The summed E-state index contributed by atoms with van der Waals surface area (Å²) in [4.78, 5) is 11.9. The number of hydrogen-bond donors (Lipinski definition) is 4. The Morgan fingerprint density at radius 3 is 2.52 bits per heavy atom. The number of rotatable bonds is 5. The third-order valence-corrected chi connectivity index (χ3v) is 5.86.